The molecule has 20 heavy (non-hydrogen) atoms. The van der Waals surface area contributed by atoms with Gasteiger partial charge in [-0.25, -0.2) is 0 Å². The van der Waals surface area contributed by atoms with E-state index in [9.17, 15) is 0 Å². The van der Waals surface area contributed by atoms with E-state index in [4.69, 9.17) is 0 Å². The molecule has 0 bridgehead atoms. The van der Waals surface area contributed by atoms with Crippen LogP contribution in [0.5, 0.6) is 0 Å². The normalized spacial score (nSPS) is 11.5. The quantitative estimate of drug-likeness (QED) is 0.681. The average Bonchev–Trinajstić information content (AvgIpc) is 2.38. The van der Waals surface area contributed by atoms with E-state index >= 15 is 0 Å². The van der Waals surface area contributed by atoms with Gasteiger partial charge in [0.2, 0.25) is 0 Å². The monoisotopic (exact) mass is 273 g/mol. The molecule has 0 radical (unpaired) electrons. The summed E-state index contributed by atoms with van der Waals surface area (Å²) < 4.78 is 0. The van der Waals surface area contributed by atoms with E-state index in [2.05, 4.69) is 71.2 Å². The lowest BCUT2D eigenvalue weighted by molar-refractivity contribution is 0.378. The predicted octanol–water partition coefficient (Wildman–Crippen LogP) is 5.29. The van der Waals surface area contributed by atoms with Crippen LogP contribution < -0.4 is 0 Å². The predicted molar refractivity (Wildman–Crippen MR) is 90.9 cm³/mol. The molecule has 0 N–H and O–H groups in total. The number of hydrogen-bond donors (Lipinski definition) is 0. The fourth-order valence-corrected chi connectivity index (χ4v) is 2.42. The second kappa shape index (κ2) is 6.97. The van der Waals surface area contributed by atoms with Crippen LogP contribution in [0.3, 0.4) is 0 Å². The van der Waals surface area contributed by atoms with E-state index in [1.54, 1.807) is 0 Å². The lowest BCUT2D eigenvalue weighted by Crippen LogP contribution is -2.20. The van der Waals surface area contributed by atoms with Crippen molar-refractivity contribution < 1.29 is 0 Å². The van der Waals surface area contributed by atoms with Crippen LogP contribution in [0, 0.1) is 12.3 Å². The van der Waals surface area contributed by atoms with Gasteiger partial charge in [0, 0.05) is 18.8 Å². The van der Waals surface area contributed by atoms with Crippen LogP contribution in [0.4, 0.5) is 0 Å². The van der Waals surface area contributed by atoms with Crippen LogP contribution in [-0.2, 0) is 6.42 Å². The third kappa shape index (κ3) is 4.70. The molecule has 1 nitrogen and oxygen atoms in total. The summed E-state index contributed by atoms with van der Waals surface area (Å²) in [6, 6.07) is 6.78. The average molecular weight is 273 g/mol. The van der Waals surface area contributed by atoms with Crippen molar-refractivity contribution in [2.24, 2.45) is 5.41 Å². The minimum Gasteiger partial charge on any atom is -0.372 e. The lowest BCUT2D eigenvalue weighted by atomic mass is 9.87. The molecule has 1 heteroatoms. The Kier molecular flexibility index (Phi) is 5.86. The van der Waals surface area contributed by atoms with Gasteiger partial charge in [-0.05, 0) is 61.8 Å². The van der Waals surface area contributed by atoms with Crippen LogP contribution in [0.1, 0.15) is 57.7 Å². The summed E-state index contributed by atoms with van der Waals surface area (Å²) in [5.74, 6) is 0. The van der Waals surface area contributed by atoms with E-state index in [1.165, 1.54) is 23.1 Å². The first-order valence-corrected chi connectivity index (χ1v) is 7.82. The Bertz CT molecular complexity index is 447. The molecule has 112 valence electrons. The van der Waals surface area contributed by atoms with Crippen LogP contribution in [0.25, 0.3) is 5.70 Å². The molecular formula is C19H31N. The highest BCUT2D eigenvalue weighted by Crippen LogP contribution is 2.25. The molecule has 0 aliphatic carbocycles. The highest BCUT2D eigenvalue weighted by molar-refractivity contribution is 5.63. The standard InChI is InChI=1S/C19H31N/c1-8-20(9-2)16(4)18-11-10-15(3)17(14-18)12-13-19(5,6)7/h10-11,14H,4,8-9,12-13H2,1-3,5-7H3. The number of rotatable bonds is 6. The molecule has 0 spiro atoms. The molecule has 1 aromatic rings. The molecule has 0 amide bonds. The summed E-state index contributed by atoms with van der Waals surface area (Å²) in [6.45, 7) is 19.8. The second-order valence-corrected chi connectivity index (χ2v) is 6.82. The van der Waals surface area contributed by atoms with Gasteiger partial charge in [-0.15, -0.1) is 0 Å². The maximum atomic E-state index is 4.27. The Morgan fingerprint density at radius 1 is 1.15 bits per heavy atom. The maximum Gasteiger partial charge on any atom is 0.0366 e. The zero-order valence-corrected chi connectivity index (χ0v) is 14.2. The van der Waals surface area contributed by atoms with E-state index in [1.807, 2.05) is 0 Å². The molecule has 0 atom stereocenters. The highest BCUT2D eigenvalue weighted by atomic mass is 15.1. The summed E-state index contributed by atoms with van der Waals surface area (Å²) >= 11 is 0. The van der Waals surface area contributed by atoms with E-state index in [0.717, 1.165) is 25.2 Å². The first-order valence-electron chi connectivity index (χ1n) is 7.82. The molecule has 0 aromatic heterocycles. The SMILES string of the molecule is C=C(c1ccc(C)c(CCC(C)(C)C)c1)N(CC)CC. The first-order chi connectivity index (χ1) is 9.28. The van der Waals surface area contributed by atoms with Gasteiger partial charge in [0.05, 0.1) is 0 Å². The lowest BCUT2D eigenvalue weighted by Gasteiger charge is -2.25. The molecule has 0 aliphatic heterocycles. The van der Waals surface area contributed by atoms with Crippen LogP contribution >= 0.6 is 0 Å². The minimum absolute atomic E-state index is 0.387. The molecule has 0 saturated carbocycles. The number of hydrogen-bond acceptors (Lipinski definition) is 1. The van der Waals surface area contributed by atoms with Crippen molar-refractivity contribution in [1.29, 1.82) is 0 Å². The van der Waals surface area contributed by atoms with Gasteiger partial charge in [0.15, 0.2) is 0 Å². The van der Waals surface area contributed by atoms with Crippen molar-refractivity contribution in [2.75, 3.05) is 13.1 Å². The van der Waals surface area contributed by atoms with E-state index in [-0.39, 0.29) is 0 Å². The molecule has 0 heterocycles. The van der Waals surface area contributed by atoms with Crippen molar-refractivity contribution >= 4 is 5.70 Å². The summed E-state index contributed by atoms with van der Waals surface area (Å²) in [5, 5.41) is 0. The molecule has 0 saturated heterocycles. The van der Waals surface area contributed by atoms with Gasteiger partial charge in [-0.1, -0.05) is 39.5 Å². The van der Waals surface area contributed by atoms with Crippen LogP contribution in [-0.4, -0.2) is 18.0 Å². The fraction of sp³-hybridized carbons (Fsp3) is 0.579. The van der Waals surface area contributed by atoms with E-state index < -0.39 is 0 Å². The van der Waals surface area contributed by atoms with Gasteiger partial charge in [-0.2, -0.15) is 0 Å². The Morgan fingerprint density at radius 3 is 2.25 bits per heavy atom. The van der Waals surface area contributed by atoms with Crippen LogP contribution in [0.15, 0.2) is 24.8 Å². The molecule has 1 aromatic carbocycles. The van der Waals surface area contributed by atoms with Crippen molar-refractivity contribution in [3.8, 4) is 0 Å². The first kappa shape index (κ1) is 16.8. The fourth-order valence-electron chi connectivity index (χ4n) is 2.42. The number of nitrogens with zero attached hydrogens (tertiary/aromatic N) is 1. The smallest absolute Gasteiger partial charge is 0.0366 e. The zero-order valence-electron chi connectivity index (χ0n) is 14.2. The highest BCUT2D eigenvalue weighted by Gasteiger charge is 2.12. The number of aryl methyl sites for hydroxylation is 2. The molecule has 1 rings (SSSR count). The second-order valence-electron chi connectivity index (χ2n) is 6.82. The summed E-state index contributed by atoms with van der Waals surface area (Å²) in [6.07, 6.45) is 2.36. The zero-order chi connectivity index (χ0) is 15.3. The summed E-state index contributed by atoms with van der Waals surface area (Å²) in [4.78, 5) is 2.32. The van der Waals surface area contributed by atoms with Gasteiger partial charge < -0.3 is 4.90 Å². The van der Waals surface area contributed by atoms with Crippen molar-refractivity contribution in [3.05, 3.63) is 41.5 Å². The summed E-state index contributed by atoms with van der Waals surface area (Å²) in [7, 11) is 0. The topological polar surface area (TPSA) is 3.24 Å². The third-order valence-corrected chi connectivity index (χ3v) is 3.97. The Morgan fingerprint density at radius 2 is 1.75 bits per heavy atom. The van der Waals surface area contributed by atoms with Crippen molar-refractivity contribution in [1.82, 2.24) is 4.90 Å². The number of benzene rings is 1. The largest absolute Gasteiger partial charge is 0.372 e. The van der Waals surface area contributed by atoms with E-state index in [0.29, 0.717) is 5.41 Å². The van der Waals surface area contributed by atoms with Crippen LogP contribution in [0.2, 0.25) is 0 Å². The molecule has 0 fully saturated rings. The van der Waals surface area contributed by atoms with Gasteiger partial charge in [-0.3, -0.25) is 0 Å². The van der Waals surface area contributed by atoms with Crippen molar-refractivity contribution in [2.45, 2.75) is 54.4 Å². The Balaban J connectivity index is 2.93. The van der Waals surface area contributed by atoms with Gasteiger partial charge in [0.25, 0.3) is 0 Å². The third-order valence-electron chi connectivity index (χ3n) is 3.97. The van der Waals surface area contributed by atoms with Crippen molar-refractivity contribution in [3.63, 3.8) is 0 Å². The Labute approximate surface area is 125 Å². The Hall–Kier alpha value is -1.24. The van der Waals surface area contributed by atoms with Gasteiger partial charge in [0.1, 0.15) is 0 Å². The summed E-state index contributed by atoms with van der Waals surface area (Å²) in [5.41, 5.74) is 5.66. The van der Waals surface area contributed by atoms with Gasteiger partial charge >= 0.3 is 0 Å². The molecule has 0 unspecified atom stereocenters. The molecule has 0 aliphatic rings. The minimum atomic E-state index is 0.387. The maximum absolute atomic E-state index is 4.27. The molecular weight excluding hydrogens is 242 g/mol.